The molecule has 0 amide bonds. The predicted molar refractivity (Wildman–Crippen MR) is 78.9 cm³/mol. The van der Waals surface area contributed by atoms with Gasteiger partial charge >= 0.3 is 0 Å². The minimum absolute atomic E-state index is 0.303. The maximum Gasteiger partial charge on any atom is 0.172 e. The summed E-state index contributed by atoms with van der Waals surface area (Å²) in [5, 5.41) is 5.55. The summed E-state index contributed by atoms with van der Waals surface area (Å²) in [4.78, 5) is 9.83. The van der Waals surface area contributed by atoms with Gasteiger partial charge in [0, 0.05) is 23.9 Å². The number of methoxy groups -OCH3 is 1. The Kier molecular flexibility index (Phi) is 3.23. The van der Waals surface area contributed by atoms with Crippen LogP contribution in [0.15, 0.2) is 29.6 Å². The summed E-state index contributed by atoms with van der Waals surface area (Å²) < 4.78 is 18.5. The molecule has 0 aliphatic heterocycles. The molecule has 2 aromatic heterocycles. The molecule has 0 atom stereocenters. The number of benzene rings is 1. The standard InChI is InChI=1S/C14H12FN3OS/c1-16-13-10-5-8(15)3-4-11(10)17-14(18-13)12-6-9(19-2)7-20-12/h3-7H,1-2H3,(H,16,17,18). The highest BCUT2D eigenvalue weighted by atomic mass is 32.1. The van der Waals surface area contributed by atoms with Crippen LogP contribution in [0, 0.1) is 5.82 Å². The SMILES string of the molecule is CNc1nc(-c2cc(OC)cs2)nc2ccc(F)cc12. The van der Waals surface area contributed by atoms with E-state index >= 15 is 0 Å². The lowest BCUT2D eigenvalue weighted by Gasteiger charge is -2.07. The molecule has 0 spiro atoms. The average molecular weight is 289 g/mol. The van der Waals surface area contributed by atoms with Gasteiger partial charge in [-0.2, -0.15) is 0 Å². The third kappa shape index (κ3) is 2.18. The number of aromatic nitrogens is 2. The number of hydrogen-bond acceptors (Lipinski definition) is 5. The Labute approximate surface area is 119 Å². The van der Waals surface area contributed by atoms with Gasteiger partial charge in [0.2, 0.25) is 0 Å². The third-order valence-corrected chi connectivity index (χ3v) is 3.83. The second-order valence-corrected chi connectivity index (χ2v) is 5.07. The van der Waals surface area contributed by atoms with E-state index in [1.807, 2.05) is 11.4 Å². The van der Waals surface area contributed by atoms with Crippen molar-refractivity contribution in [1.29, 1.82) is 0 Å². The lowest BCUT2D eigenvalue weighted by atomic mass is 10.2. The van der Waals surface area contributed by atoms with Crippen molar-refractivity contribution in [1.82, 2.24) is 9.97 Å². The van der Waals surface area contributed by atoms with Crippen molar-refractivity contribution < 1.29 is 9.13 Å². The Hall–Kier alpha value is -2.21. The smallest absolute Gasteiger partial charge is 0.172 e. The molecule has 0 saturated heterocycles. The van der Waals surface area contributed by atoms with Gasteiger partial charge in [-0.25, -0.2) is 14.4 Å². The van der Waals surface area contributed by atoms with Gasteiger partial charge in [0.1, 0.15) is 17.4 Å². The fourth-order valence-electron chi connectivity index (χ4n) is 1.94. The topological polar surface area (TPSA) is 47.0 Å². The molecule has 0 fully saturated rings. The van der Waals surface area contributed by atoms with Crippen LogP contribution in [-0.2, 0) is 0 Å². The highest BCUT2D eigenvalue weighted by molar-refractivity contribution is 7.13. The number of ether oxygens (including phenoxy) is 1. The van der Waals surface area contributed by atoms with Crippen LogP contribution < -0.4 is 10.1 Å². The van der Waals surface area contributed by atoms with E-state index in [0.717, 1.165) is 10.6 Å². The molecule has 3 rings (SSSR count). The molecule has 102 valence electrons. The zero-order chi connectivity index (χ0) is 14.1. The first-order valence-electron chi connectivity index (χ1n) is 5.99. The second-order valence-electron chi connectivity index (χ2n) is 4.16. The predicted octanol–water partition coefficient (Wildman–Crippen LogP) is 3.55. The van der Waals surface area contributed by atoms with Gasteiger partial charge in [0.25, 0.3) is 0 Å². The van der Waals surface area contributed by atoms with Gasteiger partial charge in [0.15, 0.2) is 5.82 Å². The van der Waals surface area contributed by atoms with Crippen molar-refractivity contribution >= 4 is 28.1 Å². The van der Waals surface area contributed by atoms with E-state index in [-0.39, 0.29) is 5.82 Å². The van der Waals surface area contributed by atoms with Gasteiger partial charge in [0.05, 0.1) is 17.5 Å². The van der Waals surface area contributed by atoms with Crippen LogP contribution in [0.1, 0.15) is 0 Å². The molecular weight excluding hydrogens is 277 g/mol. The summed E-state index contributed by atoms with van der Waals surface area (Å²) in [5.41, 5.74) is 0.702. The summed E-state index contributed by atoms with van der Waals surface area (Å²) in [6.07, 6.45) is 0. The third-order valence-electron chi connectivity index (χ3n) is 2.93. The van der Waals surface area contributed by atoms with Crippen molar-refractivity contribution in [3.05, 3.63) is 35.5 Å². The molecule has 1 aromatic carbocycles. The van der Waals surface area contributed by atoms with Crippen LogP contribution in [0.5, 0.6) is 5.75 Å². The second kappa shape index (κ2) is 5.05. The molecule has 20 heavy (non-hydrogen) atoms. The van der Waals surface area contributed by atoms with E-state index < -0.39 is 0 Å². The number of halogens is 1. The average Bonchev–Trinajstić information content (AvgIpc) is 2.95. The highest BCUT2D eigenvalue weighted by Gasteiger charge is 2.11. The summed E-state index contributed by atoms with van der Waals surface area (Å²) in [6, 6.07) is 6.36. The first-order chi connectivity index (χ1) is 9.71. The Bertz CT molecular complexity index is 772. The minimum atomic E-state index is -0.303. The number of rotatable bonds is 3. The van der Waals surface area contributed by atoms with E-state index in [2.05, 4.69) is 15.3 Å². The van der Waals surface area contributed by atoms with Gasteiger partial charge in [-0.3, -0.25) is 0 Å². The van der Waals surface area contributed by atoms with Gasteiger partial charge in [-0.15, -0.1) is 11.3 Å². The monoisotopic (exact) mass is 289 g/mol. The van der Waals surface area contributed by atoms with E-state index in [1.54, 1.807) is 20.2 Å². The Morgan fingerprint density at radius 1 is 1.25 bits per heavy atom. The molecule has 6 heteroatoms. The summed E-state index contributed by atoms with van der Waals surface area (Å²) in [6.45, 7) is 0. The van der Waals surface area contributed by atoms with Gasteiger partial charge in [-0.1, -0.05) is 0 Å². The van der Waals surface area contributed by atoms with Crippen molar-refractivity contribution in [2.45, 2.75) is 0 Å². The lowest BCUT2D eigenvalue weighted by molar-refractivity contribution is 0.417. The van der Waals surface area contributed by atoms with Crippen molar-refractivity contribution in [3.63, 3.8) is 0 Å². The number of nitrogens with zero attached hydrogens (tertiary/aromatic N) is 2. The molecular formula is C14H12FN3OS. The number of anilines is 1. The highest BCUT2D eigenvalue weighted by Crippen LogP contribution is 2.31. The molecule has 0 unspecified atom stereocenters. The fourth-order valence-corrected chi connectivity index (χ4v) is 2.73. The number of nitrogens with one attached hydrogen (secondary N) is 1. The molecule has 0 radical (unpaired) electrons. The van der Waals surface area contributed by atoms with Gasteiger partial charge < -0.3 is 10.1 Å². The molecule has 4 nitrogen and oxygen atoms in total. The Morgan fingerprint density at radius 3 is 2.80 bits per heavy atom. The minimum Gasteiger partial charge on any atom is -0.496 e. The normalized spacial score (nSPS) is 10.8. The van der Waals surface area contributed by atoms with Crippen LogP contribution in [0.3, 0.4) is 0 Å². The van der Waals surface area contributed by atoms with E-state index in [9.17, 15) is 4.39 Å². The van der Waals surface area contributed by atoms with Crippen molar-refractivity contribution in [2.75, 3.05) is 19.5 Å². The van der Waals surface area contributed by atoms with Crippen molar-refractivity contribution in [2.24, 2.45) is 0 Å². The van der Waals surface area contributed by atoms with Crippen LogP contribution >= 0.6 is 11.3 Å². The van der Waals surface area contributed by atoms with Crippen molar-refractivity contribution in [3.8, 4) is 16.5 Å². The Morgan fingerprint density at radius 2 is 2.10 bits per heavy atom. The summed E-state index contributed by atoms with van der Waals surface area (Å²) >= 11 is 1.51. The lowest BCUT2D eigenvalue weighted by Crippen LogP contribution is -1.98. The summed E-state index contributed by atoms with van der Waals surface area (Å²) in [7, 11) is 3.38. The van der Waals surface area contributed by atoms with Crippen LogP contribution in [0.25, 0.3) is 21.6 Å². The quantitative estimate of drug-likeness (QED) is 0.801. The molecule has 0 aliphatic rings. The van der Waals surface area contributed by atoms with Crippen LogP contribution in [-0.4, -0.2) is 24.1 Å². The number of fused-ring (bicyclic) bond motifs is 1. The van der Waals surface area contributed by atoms with E-state index in [1.165, 1.54) is 23.5 Å². The zero-order valence-electron chi connectivity index (χ0n) is 11.0. The molecule has 2 heterocycles. The van der Waals surface area contributed by atoms with Crippen LogP contribution in [0.2, 0.25) is 0 Å². The maximum atomic E-state index is 13.3. The molecule has 0 aliphatic carbocycles. The largest absolute Gasteiger partial charge is 0.496 e. The Balaban J connectivity index is 2.19. The first kappa shape index (κ1) is 12.8. The van der Waals surface area contributed by atoms with Crippen LogP contribution in [0.4, 0.5) is 10.2 Å². The van der Waals surface area contributed by atoms with Gasteiger partial charge in [-0.05, 0) is 18.2 Å². The number of thiophene rings is 1. The molecule has 3 aromatic rings. The zero-order valence-corrected chi connectivity index (χ0v) is 11.8. The summed E-state index contributed by atoms with van der Waals surface area (Å²) in [5.74, 6) is 1.68. The van der Waals surface area contributed by atoms with E-state index in [4.69, 9.17) is 4.74 Å². The molecule has 0 bridgehead atoms. The molecule has 1 N–H and O–H groups in total. The number of hydrogen-bond donors (Lipinski definition) is 1. The molecule has 0 saturated carbocycles. The maximum absolute atomic E-state index is 13.3. The fraction of sp³-hybridized carbons (Fsp3) is 0.143. The first-order valence-corrected chi connectivity index (χ1v) is 6.87. The van der Waals surface area contributed by atoms with E-state index in [0.29, 0.717) is 22.5 Å².